The van der Waals surface area contributed by atoms with Gasteiger partial charge < -0.3 is 9.47 Å². The van der Waals surface area contributed by atoms with Crippen molar-refractivity contribution in [1.29, 1.82) is 0 Å². The van der Waals surface area contributed by atoms with Gasteiger partial charge in [0, 0.05) is 16.4 Å². The number of aryl methyl sites for hydroxylation is 1. The molecule has 1 aliphatic rings. The second-order valence-corrected chi connectivity index (χ2v) is 6.18. The summed E-state index contributed by atoms with van der Waals surface area (Å²) in [7, 11) is 3.18. The van der Waals surface area contributed by atoms with Crippen molar-refractivity contribution in [1.82, 2.24) is 0 Å². The first-order chi connectivity index (χ1) is 10.2. The molecule has 0 saturated carbocycles. The van der Waals surface area contributed by atoms with Crippen LogP contribution in [0.15, 0.2) is 29.6 Å². The molecule has 2 aromatic rings. The van der Waals surface area contributed by atoms with Gasteiger partial charge in [0.1, 0.15) is 0 Å². The normalized spacial score (nSPS) is 17.1. The van der Waals surface area contributed by atoms with E-state index in [0.29, 0.717) is 17.1 Å². The molecule has 0 fully saturated rings. The van der Waals surface area contributed by atoms with Gasteiger partial charge >= 0.3 is 0 Å². The third-order valence-electron chi connectivity index (χ3n) is 4.04. The lowest BCUT2D eigenvalue weighted by Gasteiger charge is -2.21. The first-order valence-corrected chi connectivity index (χ1v) is 7.95. The Morgan fingerprint density at radius 2 is 2.00 bits per heavy atom. The molecule has 0 radical (unpaired) electrons. The summed E-state index contributed by atoms with van der Waals surface area (Å²) in [6, 6.07) is 7.50. The number of ether oxygens (including phenoxy) is 2. The average Bonchev–Trinajstić information content (AvgIpc) is 3.02. The topological polar surface area (TPSA) is 35.5 Å². The molecule has 0 saturated heterocycles. The highest BCUT2D eigenvalue weighted by molar-refractivity contribution is 7.10. The minimum atomic E-state index is -0.0156. The second-order valence-electron chi connectivity index (χ2n) is 5.18. The van der Waals surface area contributed by atoms with Crippen molar-refractivity contribution in [2.24, 2.45) is 0 Å². The molecule has 0 N–H and O–H groups in total. The maximum Gasteiger partial charge on any atom is 0.170 e. The fourth-order valence-electron chi connectivity index (χ4n) is 2.95. The summed E-state index contributed by atoms with van der Waals surface area (Å²) in [5, 5.41) is 2.09. The van der Waals surface area contributed by atoms with Crippen molar-refractivity contribution < 1.29 is 14.3 Å². The van der Waals surface area contributed by atoms with Crippen LogP contribution in [0, 0.1) is 0 Å². The van der Waals surface area contributed by atoms with Crippen LogP contribution < -0.4 is 9.47 Å². The molecule has 3 nitrogen and oxygen atoms in total. The van der Waals surface area contributed by atoms with Gasteiger partial charge in [-0.15, -0.1) is 11.3 Å². The molecule has 1 aliphatic carbocycles. The number of thiophene rings is 1. The van der Waals surface area contributed by atoms with E-state index in [0.717, 1.165) is 19.3 Å². The molecule has 21 heavy (non-hydrogen) atoms. The summed E-state index contributed by atoms with van der Waals surface area (Å²) in [6.07, 6.45) is 3.11. The van der Waals surface area contributed by atoms with E-state index in [4.69, 9.17) is 9.47 Å². The monoisotopic (exact) mass is 302 g/mol. The van der Waals surface area contributed by atoms with Crippen molar-refractivity contribution in [2.45, 2.75) is 25.2 Å². The highest BCUT2D eigenvalue weighted by Gasteiger charge is 2.28. The van der Waals surface area contributed by atoms with E-state index < -0.39 is 0 Å². The summed E-state index contributed by atoms with van der Waals surface area (Å²) in [4.78, 5) is 14.2. The highest BCUT2D eigenvalue weighted by atomic mass is 32.1. The molecule has 4 heteroatoms. The number of carbonyl (C=O) groups excluding carboxylic acids is 1. The van der Waals surface area contributed by atoms with E-state index in [2.05, 4.69) is 11.4 Å². The summed E-state index contributed by atoms with van der Waals surface area (Å²) >= 11 is 1.76. The Morgan fingerprint density at radius 3 is 2.76 bits per heavy atom. The summed E-state index contributed by atoms with van der Waals surface area (Å²) in [5.74, 6) is 1.41. The Bertz CT molecular complexity index is 660. The first-order valence-electron chi connectivity index (χ1n) is 7.07. The molecule has 0 spiro atoms. The van der Waals surface area contributed by atoms with E-state index in [9.17, 15) is 4.79 Å². The van der Waals surface area contributed by atoms with Gasteiger partial charge in [-0.2, -0.15) is 0 Å². The largest absolute Gasteiger partial charge is 0.493 e. The van der Waals surface area contributed by atoms with Crippen molar-refractivity contribution in [3.05, 3.63) is 45.6 Å². The maximum absolute atomic E-state index is 12.8. The minimum absolute atomic E-state index is 0.0156. The fourth-order valence-corrected chi connectivity index (χ4v) is 3.94. The number of benzene rings is 1. The Labute approximate surface area is 128 Å². The van der Waals surface area contributed by atoms with E-state index in [-0.39, 0.29) is 11.7 Å². The molecular weight excluding hydrogens is 284 g/mol. The summed E-state index contributed by atoms with van der Waals surface area (Å²) < 4.78 is 10.5. The van der Waals surface area contributed by atoms with E-state index in [1.165, 1.54) is 10.4 Å². The minimum Gasteiger partial charge on any atom is -0.493 e. The van der Waals surface area contributed by atoms with Gasteiger partial charge in [0.15, 0.2) is 17.3 Å². The molecule has 1 heterocycles. The summed E-state index contributed by atoms with van der Waals surface area (Å²) in [6.45, 7) is 0. The van der Waals surface area contributed by atoms with Gasteiger partial charge in [0.25, 0.3) is 0 Å². The quantitative estimate of drug-likeness (QED) is 0.799. The molecule has 0 amide bonds. The lowest BCUT2D eigenvalue weighted by atomic mass is 9.82. The first kappa shape index (κ1) is 14.1. The van der Waals surface area contributed by atoms with Crippen LogP contribution in [0.25, 0.3) is 0 Å². The lowest BCUT2D eigenvalue weighted by molar-refractivity contribution is 0.0951. The molecule has 1 unspecified atom stereocenters. The number of Topliss-reactive ketones (excluding diaryl/α,β-unsaturated/α-hetero) is 1. The van der Waals surface area contributed by atoms with Crippen LogP contribution >= 0.6 is 11.3 Å². The third-order valence-corrected chi connectivity index (χ3v) is 5.03. The van der Waals surface area contributed by atoms with Crippen LogP contribution in [-0.4, -0.2) is 20.0 Å². The van der Waals surface area contributed by atoms with Crippen molar-refractivity contribution in [3.63, 3.8) is 0 Å². The third kappa shape index (κ3) is 2.56. The molecule has 0 bridgehead atoms. The zero-order valence-corrected chi connectivity index (χ0v) is 13.0. The number of ketones is 1. The van der Waals surface area contributed by atoms with Crippen LogP contribution in [0.2, 0.25) is 0 Å². The van der Waals surface area contributed by atoms with E-state index in [1.807, 2.05) is 6.07 Å². The van der Waals surface area contributed by atoms with E-state index >= 15 is 0 Å². The van der Waals surface area contributed by atoms with Gasteiger partial charge in [-0.1, -0.05) is 0 Å². The SMILES string of the molecule is COc1ccc(C(=O)C2CCCc3sccc32)cc1OC. The predicted molar refractivity (Wildman–Crippen MR) is 83.9 cm³/mol. The number of fused-ring (bicyclic) bond motifs is 1. The Balaban J connectivity index is 1.93. The van der Waals surface area contributed by atoms with Crippen LogP contribution in [0.4, 0.5) is 0 Å². The van der Waals surface area contributed by atoms with Gasteiger partial charge in [-0.05, 0) is 54.5 Å². The number of rotatable bonds is 4. The van der Waals surface area contributed by atoms with Gasteiger partial charge in [-0.25, -0.2) is 0 Å². The van der Waals surface area contributed by atoms with Gasteiger partial charge in [-0.3, -0.25) is 4.79 Å². The molecule has 1 aromatic carbocycles. The smallest absolute Gasteiger partial charge is 0.170 e. The zero-order valence-electron chi connectivity index (χ0n) is 12.2. The fraction of sp³-hybridized carbons (Fsp3) is 0.353. The highest BCUT2D eigenvalue weighted by Crippen LogP contribution is 2.38. The second kappa shape index (κ2) is 5.90. The standard InChI is InChI=1S/C17H18O3S/c1-19-14-7-6-11(10-15(14)20-2)17(18)13-4-3-5-16-12(13)8-9-21-16/h6-10,13H,3-5H2,1-2H3. The molecule has 1 atom stereocenters. The van der Waals surface area contributed by atoms with Crippen molar-refractivity contribution in [3.8, 4) is 11.5 Å². The van der Waals surface area contributed by atoms with Crippen molar-refractivity contribution >= 4 is 17.1 Å². The number of methoxy groups -OCH3 is 2. The lowest BCUT2D eigenvalue weighted by Crippen LogP contribution is -2.17. The number of hydrogen-bond acceptors (Lipinski definition) is 4. The molecular formula is C17H18O3S. The predicted octanol–water partition coefficient (Wildman–Crippen LogP) is 4.07. The molecule has 1 aromatic heterocycles. The van der Waals surface area contributed by atoms with Gasteiger partial charge in [0.05, 0.1) is 14.2 Å². The summed E-state index contributed by atoms with van der Waals surface area (Å²) in [5.41, 5.74) is 1.91. The zero-order chi connectivity index (χ0) is 14.8. The van der Waals surface area contributed by atoms with E-state index in [1.54, 1.807) is 37.7 Å². The molecule has 110 valence electrons. The van der Waals surface area contributed by atoms with Crippen LogP contribution in [-0.2, 0) is 6.42 Å². The maximum atomic E-state index is 12.8. The number of hydrogen-bond donors (Lipinski definition) is 0. The van der Waals surface area contributed by atoms with Crippen molar-refractivity contribution in [2.75, 3.05) is 14.2 Å². The number of carbonyl (C=O) groups is 1. The average molecular weight is 302 g/mol. The molecule has 3 rings (SSSR count). The Morgan fingerprint density at radius 1 is 1.19 bits per heavy atom. The van der Waals surface area contributed by atoms with Gasteiger partial charge in [0.2, 0.25) is 0 Å². The van der Waals surface area contributed by atoms with Crippen LogP contribution in [0.1, 0.15) is 39.6 Å². The Kier molecular flexibility index (Phi) is 3.97. The van der Waals surface area contributed by atoms with Crippen LogP contribution in [0.5, 0.6) is 11.5 Å². The molecule has 0 aliphatic heterocycles. The Hall–Kier alpha value is -1.81. The van der Waals surface area contributed by atoms with Crippen LogP contribution in [0.3, 0.4) is 0 Å².